The van der Waals surface area contributed by atoms with E-state index in [-0.39, 0.29) is 16.2 Å². The van der Waals surface area contributed by atoms with Crippen LogP contribution in [0.2, 0.25) is 0 Å². The Kier molecular flexibility index (Phi) is 3.35. The first-order valence-corrected chi connectivity index (χ1v) is 11.2. The number of carbonyl (C=O) groups excluding carboxylic acids is 1. The van der Waals surface area contributed by atoms with Gasteiger partial charge in [-0.05, 0) is 86.7 Å². The fraction of sp³-hybridized carbons (Fsp3) is 0.800. The van der Waals surface area contributed by atoms with Crippen LogP contribution in [0.25, 0.3) is 0 Å². The molecule has 27 heavy (non-hydrogen) atoms. The first kappa shape index (κ1) is 18.2. The summed E-state index contributed by atoms with van der Waals surface area (Å²) in [5, 5.41) is 3.61. The minimum absolute atomic E-state index is 0.0849. The molecule has 6 unspecified atom stereocenters. The van der Waals surface area contributed by atoms with E-state index in [1.807, 2.05) is 0 Å². The number of Topliss-reactive ketones (excluding diaryl/α,β-unsaturated/α-hetero) is 1. The molecule has 0 heterocycles. The number of hydrogen-bond acceptors (Lipinski definition) is 2. The molecule has 0 aliphatic heterocycles. The van der Waals surface area contributed by atoms with Gasteiger partial charge in [0.25, 0.3) is 0 Å². The summed E-state index contributed by atoms with van der Waals surface area (Å²) in [6.45, 7) is 11.7. The zero-order valence-electron chi connectivity index (χ0n) is 18.2. The number of fused-ring (bicyclic) bond motifs is 2. The van der Waals surface area contributed by atoms with Crippen LogP contribution in [0, 0.1) is 33.0 Å². The van der Waals surface area contributed by atoms with Crippen molar-refractivity contribution in [1.82, 2.24) is 5.32 Å². The highest BCUT2D eigenvalue weighted by molar-refractivity contribution is 5.95. The largest absolute Gasteiger partial charge is 0.316 e. The van der Waals surface area contributed by atoms with Gasteiger partial charge in [0, 0.05) is 16.9 Å². The molecule has 0 amide bonds. The average molecular weight is 368 g/mol. The summed E-state index contributed by atoms with van der Waals surface area (Å²) in [6.07, 6.45) is 13.9. The minimum atomic E-state index is 0.0849. The van der Waals surface area contributed by atoms with Crippen LogP contribution in [0.15, 0.2) is 23.3 Å². The fourth-order valence-electron chi connectivity index (χ4n) is 9.16. The first-order valence-electron chi connectivity index (χ1n) is 11.2. The van der Waals surface area contributed by atoms with Gasteiger partial charge in [-0.3, -0.25) is 4.79 Å². The van der Waals surface area contributed by atoms with Crippen molar-refractivity contribution in [2.75, 3.05) is 7.05 Å². The van der Waals surface area contributed by atoms with E-state index in [0.29, 0.717) is 22.7 Å². The molecule has 0 bridgehead atoms. The second-order valence-corrected chi connectivity index (χ2v) is 11.6. The van der Waals surface area contributed by atoms with Gasteiger partial charge in [0.15, 0.2) is 5.78 Å². The van der Waals surface area contributed by atoms with Gasteiger partial charge in [0.05, 0.1) is 0 Å². The molecule has 1 N–H and O–H groups in total. The highest BCUT2D eigenvalue weighted by Gasteiger charge is 2.80. The zero-order valence-corrected chi connectivity index (χ0v) is 18.2. The summed E-state index contributed by atoms with van der Waals surface area (Å²) in [4.78, 5) is 12.4. The van der Waals surface area contributed by atoms with Crippen molar-refractivity contribution in [2.45, 2.75) is 85.6 Å². The van der Waals surface area contributed by atoms with Crippen molar-refractivity contribution in [3.8, 4) is 0 Å². The predicted octanol–water partition coefficient (Wildman–Crippen LogP) is 5.44. The summed E-state index contributed by atoms with van der Waals surface area (Å²) >= 11 is 0. The quantitative estimate of drug-likeness (QED) is 0.658. The number of allylic oxidation sites excluding steroid dienone is 3. The molecule has 5 rings (SSSR count). The van der Waals surface area contributed by atoms with E-state index in [9.17, 15) is 4.79 Å². The molecule has 0 aromatic heterocycles. The van der Waals surface area contributed by atoms with Crippen molar-refractivity contribution in [3.63, 3.8) is 0 Å². The Morgan fingerprint density at radius 3 is 2.52 bits per heavy atom. The van der Waals surface area contributed by atoms with E-state index in [2.05, 4.69) is 52.2 Å². The Balaban J connectivity index is 1.58. The fourth-order valence-corrected chi connectivity index (χ4v) is 9.16. The Morgan fingerprint density at radius 1 is 1.11 bits per heavy atom. The zero-order chi connectivity index (χ0) is 19.5. The standard InChI is InChI=1S/C25H37NO/c1-16(27)17-9-11-23(5)19-8-7-18-21(2,3)20(26-6)10-12-24(18)15-25(19,24)14-13-22(17,23)4/h7,9,19-20,26H,8,10-15H2,1-6H3. The molecule has 6 atom stereocenters. The Bertz CT molecular complexity index is 790. The van der Waals surface area contributed by atoms with Gasteiger partial charge in [0.1, 0.15) is 0 Å². The van der Waals surface area contributed by atoms with Crippen LogP contribution in [0.1, 0.15) is 79.6 Å². The molecule has 2 nitrogen and oxygen atoms in total. The number of carbonyl (C=O) groups is 1. The van der Waals surface area contributed by atoms with E-state index in [1.54, 1.807) is 12.5 Å². The second-order valence-electron chi connectivity index (χ2n) is 11.6. The summed E-state index contributed by atoms with van der Waals surface area (Å²) in [5.74, 6) is 1.05. The van der Waals surface area contributed by atoms with E-state index >= 15 is 0 Å². The van der Waals surface area contributed by atoms with Crippen LogP contribution in [0.4, 0.5) is 0 Å². The molecule has 0 saturated heterocycles. The lowest BCUT2D eigenvalue weighted by molar-refractivity contribution is -0.118. The second kappa shape index (κ2) is 4.99. The highest BCUT2D eigenvalue weighted by atomic mass is 16.1. The lowest BCUT2D eigenvalue weighted by atomic mass is 9.44. The Hall–Kier alpha value is -0.890. The van der Waals surface area contributed by atoms with Gasteiger partial charge >= 0.3 is 0 Å². The van der Waals surface area contributed by atoms with Crippen LogP contribution in [0.3, 0.4) is 0 Å². The van der Waals surface area contributed by atoms with E-state index < -0.39 is 0 Å². The maximum absolute atomic E-state index is 12.4. The molecular weight excluding hydrogens is 330 g/mol. The van der Waals surface area contributed by atoms with Gasteiger partial charge in [0.2, 0.25) is 0 Å². The first-order chi connectivity index (χ1) is 12.6. The van der Waals surface area contributed by atoms with Crippen molar-refractivity contribution in [2.24, 2.45) is 33.0 Å². The molecular formula is C25H37NO. The molecule has 0 aromatic carbocycles. The van der Waals surface area contributed by atoms with Crippen LogP contribution >= 0.6 is 0 Å². The smallest absolute Gasteiger partial charge is 0.156 e. The van der Waals surface area contributed by atoms with Gasteiger partial charge in [-0.15, -0.1) is 0 Å². The lowest BCUT2D eigenvalue weighted by Crippen LogP contribution is -2.55. The predicted molar refractivity (Wildman–Crippen MR) is 110 cm³/mol. The summed E-state index contributed by atoms with van der Waals surface area (Å²) in [6, 6.07) is 0.602. The topological polar surface area (TPSA) is 29.1 Å². The molecule has 5 aliphatic carbocycles. The SMILES string of the molecule is CNC1CCC23CC24CCC2(C)C(C(C)=O)=CCC2(C)C4CC=C3C1(C)C. The van der Waals surface area contributed by atoms with Crippen molar-refractivity contribution >= 4 is 5.78 Å². The normalized spacial score (nSPS) is 51.9. The lowest BCUT2D eigenvalue weighted by Gasteiger charge is -2.60. The van der Waals surface area contributed by atoms with Crippen molar-refractivity contribution in [1.29, 1.82) is 0 Å². The molecule has 2 spiro atoms. The van der Waals surface area contributed by atoms with Crippen LogP contribution in [-0.4, -0.2) is 18.9 Å². The molecule has 0 radical (unpaired) electrons. The van der Waals surface area contributed by atoms with Gasteiger partial charge in [-0.1, -0.05) is 45.4 Å². The third kappa shape index (κ3) is 1.77. The summed E-state index contributed by atoms with van der Waals surface area (Å²) in [5.41, 5.74) is 4.51. The summed E-state index contributed by atoms with van der Waals surface area (Å²) < 4.78 is 0. The number of rotatable bonds is 2. The van der Waals surface area contributed by atoms with Crippen molar-refractivity contribution in [3.05, 3.63) is 23.3 Å². The number of hydrogen-bond donors (Lipinski definition) is 1. The molecule has 0 aromatic rings. The maximum Gasteiger partial charge on any atom is 0.156 e. The third-order valence-electron chi connectivity index (χ3n) is 10.8. The van der Waals surface area contributed by atoms with E-state index in [1.165, 1.54) is 38.5 Å². The number of ketones is 1. The third-order valence-corrected chi connectivity index (χ3v) is 10.8. The highest BCUT2D eigenvalue weighted by Crippen LogP contribution is 2.87. The average Bonchev–Trinajstić information content (AvgIpc) is 3.17. The molecule has 148 valence electrons. The van der Waals surface area contributed by atoms with Gasteiger partial charge in [-0.25, -0.2) is 0 Å². The van der Waals surface area contributed by atoms with Crippen LogP contribution in [0.5, 0.6) is 0 Å². The summed E-state index contributed by atoms with van der Waals surface area (Å²) in [7, 11) is 2.14. The van der Waals surface area contributed by atoms with Crippen LogP contribution < -0.4 is 5.32 Å². The Morgan fingerprint density at radius 2 is 1.85 bits per heavy atom. The van der Waals surface area contributed by atoms with E-state index in [4.69, 9.17) is 0 Å². The molecule has 3 fully saturated rings. The monoisotopic (exact) mass is 367 g/mol. The van der Waals surface area contributed by atoms with E-state index in [0.717, 1.165) is 17.9 Å². The molecule has 5 aliphatic rings. The molecule has 2 heteroatoms. The molecule has 3 saturated carbocycles. The van der Waals surface area contributed by atoms with Gasteiger partial charge < -0.3 is 5.32 Å². The van der Waals surface area contributed by atoms with Crippen LogP contribution in [-0.2, 0) is 4.79 Å². The maximum atomic E-state index is 12.4. The van der Waals surface area contributed by atoms with Gasteiger partial charge in [-0.2, -0.15) is 0 Å². The minimum Gasteiger partial charge on any atom is -0.316 e. The number of nitrogens with one attached hydrogen (secondary N) is 1. The Labute approximate surface area is 165 Å². The van der Waals surface area contributed by atoms with Crippen molar-refractivity contribution < 1.29 is 4.79 Å².